The van der Waals surface area contributed by atoms with E-state index in [-0.39, 0.29) is 0 Å². The quantitative estimate of drug-likeness (QED) is 0.328. The SMILES string of the molecule is [2H]C(=O)O[C@H]1[C@H](OC(C)=O)[C@@H](OC(C)=O)C(OC(C)=O)O[C@@H]1COC(C)=O. The van der Waals surface area contributed by atoms with Gasteiger partial charge in [0.2, 0.25) is 12.4 Å². The van der Waals surface area contributed by atoms with Crippen LogP contribution in [0.15, 0.2) is 0 Å². The van der Waals surface area contributed by atoms with E-state index in [0.717, 1.165) is 27.7 Å². The number of carbonyl (C=O) groups excluding carboxylic acids is 5. The maximum atomic E-state index is 11.5. The first-order valence-electron chi connectivity index (χ1n) is 7.99. The van der Waals surface area contributed by atoms with E-state index in [0.29, 0.717) is 0 Å². The van der Waals surface area contributed by atoms with Crippen molar-refractivity contribution in [1.82, 2.24) is 0 Å². The smallest absolute Gasteiger partial charge is 0.305 e. The molecule has 1 aliphatic rings. The number of esters is 4. The predicted octanol–water partition coefficient (Wildman–Crippen LogP) is -0.757. The minimum absolute atomic E-state index is 0.477. The molecule has 0 aromatic rings. The molecule has 0 N–H and O–H groups in total. The summed E-state index contributed by atoms with van der Waals surface area (Å²) in [5, 5.41) is 0. The van der Waals surface area contributed by atoms with Gasteiger partial charge in [0.1, 0.15) is 12.7 Å². The monoisotopic (exact) mass is 377 g/mol. The van der Waals surface area contributed by atoms with Gasteiger partial charge in [-0.1, -0.05) is 0 Å². The van der Waals surface area contributed by atoms with Gasteiger partial charge in [-0.15, -0.1) is 0 Å². The van der Waals surface area contributed by atoms with Crippen LogP contribution in [0.25, 0.3) is 0 Å². The molecule has 0 aromatic heterocycles. The molecular weight excluding hydrogens is 356 g/mol. The summed E-state index contributed by atoms with van der Waals surface area (Å²) in [6.07, 6.45) is -8.77. The molecule has 0 saturated carbocycles. The molecule has 1 aliphatic heterocycles. The fraction of sp³-hybridized carbons (Fsp3) is 0.667. The van der Waals surface area contributed by atoms with Crippen LogP contribution in [-0.4, -0.2) is 67.6 Å². The zero-order chi connectivity index (χ0) is 20.7. The van der Waals surface area contributed by atoms with Crippen molar-refractivity contribution in [2.45, 2.75) is 58.4 Å². The molecule has 26 heavy (non-hydrogen) atoms. The Hall–Kier alpha value is -2.69. The van der Waals surface area contributed by atoms with Crippen molar-refractivity contribution in [3.8, 4) is 0 Å². The third-order valence-corrected chi connectivity index (χ3v) is 3.11. The number of rotatable bonds is 6. The summed E-state index contributed by atoms with van der Waals surface area (Å²) in [5.41, 5.74) is 0. The van der Waals surface area contributed by atoms with Crippen molar-refractivity contribution in [3.05, 3.63) is 0 Å². The summed E-state index contributed by atoms with van der Waals surface area (Å²) in [5.74, 6) is -3.16. The van der Waals surface area contributed by atoms with Gasteiger partial charge >= 0.3 is 23.9 Å². The molecule has 1 heterocycles. The molecule has 1 fully saturated rings. The third kappa shape index (κ3) is 6.31. The third-order valence-electron chi connectivity index (χ3n) is 3.11. The molecular formula is C15H20O11. The normalized spacial score (nSPS) is 28.2. The lowest BCUT2D eigenvalue weighted by molar-refractivity contribution is -0.298. The summed E-state index contributed by atoms with van der Waals surface area (Å²) in [6.45, 7) is 3.79. The molecule has 1 saturated heterocycles. The largest absolute Gasteiger partial charge is 0.463 e. The summed E-state index contributed by atoms with van der Waals surface area (Å²) in [7, 11) is 0. The Morgan fingerprint density at radius 2 is 1.42 bits per heavy atom. The molecule has 0 spiro atoms. The molecule has 0 bridgehead atoms. The molecule has 1 rings (SSSR count). The van der Waals surface area contributed by atoms with Crippen LogP contribution in [-0.2, 0) is 52.4 Å². The Labute approximate surface area is 150 Å². The van der Waals surface area contributed by atoms with Crippen molar-refractivity contribution in [3.63, 3.8) is 0 Å². The Kier molecular flexibility index (Phi) is 7.33. The van der Waals surface area contributed by atoms with Crippen LogP contribution < -0.4 is 0 Å². The molecule has 146 valence electrons. The highest BCUT2D eigenvalue weighted by atomic mass is 16.7. The van der Waals surface area contributed by atoms with Crippen molar-refractivity contribution < 1.29 is 53.8 Å². The Balaban J connectivity index is 3.29. The van der Waals surface area contributed by atoms with Gasteiger partial charge in [0, 0.05) is 27.7 Å². The van der Waals surface area contributed by atoms with Crippen LogP contribution in [0.5, 0.6) is 0 Å². The van der Waals surface area contributed by atoms with Crippen LogP contribution in [0.2, 0.25) is 0 Å². The van der Waals surface area contributed by atoms with Gasteiger partial charge in [0.15, 0.2) is 13.6 Å². The van der Waals surface area contributed by atoms with Crippen LogP contribution >= 0.6 is 0 Å². The topological polar surface area (TPSA) is 141 Å². The summed E-state index contributed by atoms with van der Waals surface area (Å²) >= 11 is 0. The van der Waals surface area contributed by atoms with Crippen LogP contribution in [0.1, 0.15) is 29.1 Å². The minimum Gasteiger partial charge on any atom is -0.463 e. The number of hydrogen-bond donors (Lipinski definition) is 0. The van der Waals surface area contributed by atoms with E-state index in [9.17, 15) is 24.0 Å². The second kappa shape index (κ2) is 9.70. The molecule has 0 aliphatic carbocycles. The molecule has 0 aromatic carbocycles. The molecule has 0 radical (unpaired) electrons. The molecule has 5 atom stereocenters. The maximum absolute atomic E-state index is 11.5. The van der Waals surface area contributed by atoms with E-state index in [2.05, 4.69) is 0 Å². The Morgan fingerprint density at radius 3 is 1.88 bits per heavy atom. The van der Waals surface area contributed by atoms with Crippen molar-refractivity contribution in [2.24, 2.45) is 0 Å². The van der Waals surface area contributed by atoms with E-state index < -0.39 is 67.6 Å². The standard InChI is InChI=1S/C15H20O11/c1-7(17)21-5-11-12(22-6-16)13(23-8(2)18)14(24-9(3)19)15(26-11)25-10(4)20/h6,11-15H,5H2,1-4H3/t11-,12-,13+,14-,15?/m1/s1/i6D. The Morgan fingerprint density at radius 1 is 0.885 bits per heavy atom. The highest BCUT2D eigenvalue weighted by Crippen LogP contribution is 2.29. The minimum atomic E-state index is -1.54. The van der Waals surface area contributed by atoms with Gasteiger partial charge in [-0.3, -0.25) is 24.0 Å². The van der Waals surface area contributed by atoms with Gasteiger partial charge in [-0.25, -0.2) is 0 Å². The lowest BCUT2D eigenvalue weighted by Crippen LogP contribution is -2.62. The fourth-order valence-corrected chi connectivity index (χ4v) is 2.31. The van der Waals surface area contributed by atoms with E-state index in [1.165, 1.54) is 0 Å². The van der Waals surface area contributed by atoms with Crippen LogP contribution in [0, 0.1) is 0 Å². The molecule has 11 heteroatoms. The number of ether oxygens (including phenoxy) is 6. The zero-order valence-electron chi connectivity index (χ0n) is 15.6. The highest BCUT2D eigenvalue weighted by molar-refractivity contribution is 5.68. The average molecular weight is 377 g/mol. The van der Waals surface area contributed by atoms with Crippen LogP contribution in [0.3, 0.4) is 0 Å². The molecule has 1 unspecified atom stereocenters. The van der Waals surface area contributed by atoms with Gasteiger partial charge < -0.3 is 28.4 Å². The first-order chi connectivity index (χ1) is 12.5. The van der Waals surface area contributed by atoms with Gasteiger partial charge in [0.05, 0.1) is 0 Å². The second-order valence-corrected chi connectivity index (χ2v) is 5.27. The van der Waals surface area contributed by atoms with Gasteiger partial charge in [0.25, 0.3) is 6.45 Å². The number of hydrogen-bond acceptors (Lipinski definition) is 11. The van der Waals surface area contributed by atoms with Crippen molar-refractivity contribution >= 4 is 30.3 Å². The van der Waals surface area contributed by atoms with E-state index in [4.69, 9.17) is 29.8 Å². The first kappa shape index (κ1) is 19.6. The lowest BCUT2D eigenvalue weighted by Gasteiger charge is -2.43. The van der Waals surface area contributed by atoms with E-state index in [1.807, 2.05) is 0 Å². The Bertz CT molecular complexity index is 605. The molecule has 11 nitrogen and oxygen atoms in total. The summed E-state index contributed by atoms with van der Waals surface area (Å²) < 4.78 is 37.1. The first-order valence-corrected chi connectivity index (χ1v) is 7.49. The second-order valence-electron chi connectivity index (χ2n) is 5.27. The van der Waals surface area contributed by atoms with Gasteiger partial charge in [-0.05, 0) is 0 Å². The van der Waals surface area contributed by atoms with Crippen LogP contribution in [0.4, 0.5) is 0 Å². The fourth-order valence-electron chi connectivity index (χ4n) is 2.31. The highest BCUT2D eigenvalue weighted by Gasteiger charge is 2.53. The maximum Gasteiger partial charge on any atom is 0.305 e. The van der Waals surface area contributed by atoms with Crippen molar-refractivity contribution in [1.29, 1.82) is 0 Å². The lowest BCUT2D eigenvalue weighted by atomic mass is 9.98. The molecule has 0 amide bonds. The zero-order valence-corrected chi connectivity index (χ0v) is 14.6. The average Bonchev–Trinajstić information content (AvgIpc) is 2.49. The summed E-state index contributed by atoms with van der Waals surface area (Å²) in [6, 6.07) is 0. The summed E-state index contributed by atoms with van der Waals surface area (Å²) in [4.78, 5) is 56.5. The van der Waals surface area contributed by atoms with Gasteiger partial charge in [-0.2, -0.15) is 0 Å². The predicted molar refractivity (Wildman–Crippen MR) is 79.1 cm³/mol. The number of carbonyl (C=O) groups is 5. The van der Waals surface area contributed by atoms with E-state index in [1.54, 1.807) is 0 Å². The van der Waals surface area contributed by atoms with E-state index >= 15 is 0 Å². The van der Waals surface area contributed by atoms with Crippen molar-refractivity contribution in [2.75, 3.05) is 6.61 Å².